The van der Waals surface area contributed by atoms with Crippen LogP contribution in [0.25, 0.3) is 0 Å². The first-order valence-corrected chi connectivity index (χ1v) is 12.4. The molecule has 0 aliphatic carbocycles. The quantitative estimate of drug-likeness (QED) is 0.280. The highest BCUT2D eigenvalue weighted by Crippen LogP contribution is 2.29. The molecule has 188 valence electrons. The van der Waals surface area contributed by atoms with Crippen molar-refractivity contribution in [3.63, 3.8) is 0 Å². The van der Waals surface area contributed by atoms with Crippen LogP contribution in [-0.2, 0) is 16.0 Å². The molecule has 2 heterocycles. The van der Waals surface area contributed by atoms with Crippen molar-refractivity contribution in [2.75, 3.05) is 47.2 Å². The van der Waals surface area contributed by atoms with Gasteiger partial charge in [-0.25, -0.2) is 4.98 Å². The standard InChI is InChI=1S/C28H27ClN6O2/c29-23-19-30-28(31-21-10-12-22(13-11-21)35-14-16-37-17-15-35)34-27(23)33-25-9-5-4-8-24(25)32-26(36)18-20-6-2-1-3-7-20/h1-13,19H,14-18H2,(H,32,36)(H2,30,31,33,34). The molecule has 5 rings (SSSR count). The topological polar surface area (TPSA) is 91.4 Å². The van der Waals surface area contributed by atoms with Crippen LogP contribution in [-0.4, -0.2) is 42.2 Å². The lowest BCUT2D eigenvalue weighted by Crippen LogP contribution is -2.36. The van der Waals surface area contributed by atoms with Crippen molar-refractivity contribution in [1.29, 1.82) is 0 Å². The summed E-state index contributed by atoms with van der Waals surface area (Å²) in [6.07, 6.45) is 1.82. The van der Waals surface area contributed by atoms with Gasteiger partial charge in [-0.1, -0.05) is 54.1 Å². The van der Waals surface area contributed by atoms with Crippen molar-refractivity contribution in [2.45, 2.75) is 6.42 Å². The number of halogens is 1. The lowest BCUT2D eigenvalue weighted by atomic mass is 10.1. The lowest BCUT2D eigenvalue weighted by molar-refractivity contribution is -0.115. The molecule has 37 heavy (non-hydrogen) atoms. The fourth-order valence-electron chi connectivity index (χ4n) is 4.03. The molecule has 0 spiro atoms. The number of anilines is 6. The van der Waals surface area contributed by atoms with Crippen molar-refractivity contribution in [3.05, 3.63) is 95.6 Å². The highest BCUT2D eigenvalue weighted by Gasteiger charge is 2.13. The molecule has 1 aliphatic rings. The second-order valence-electron chi connectivity index (χ2n) is 8.54. The smallest absolute Gasteiger partial charge is 0.229 e. The first-order chi connectivity index (χ1) is 18.1. The minimum absolute atomic E-state index is 0.114. The first kappa shape index (κ1) is 24.5. The van der Waals surface area contributed by atoms with Crippen LogP contribution in [0.1, 0.15) is 5.56 Å². The summed E-state index contributed by atoms with van der Waals surface area (Å²) in [6.45, 7) is 3.26. The van der Waals surface area contributed by atoms with Crippen molar-refractivity contribution in [2.24, 2.45) is 0 Å². The zero-order valence-electron chi connectivity index (χ0n) is 20.2. The zero-order valence-corrected chi connectivity index (χ0v) is 20.9. The van der Waals surface area contributed by atoms with Gasteiger partial charge in [0.15, 0.2) is 5.82 Å². The Morgan fingerprint density at radius 1 is 0.892 bits per heavy atom. The predicted molar refractivity (Wildman–Crippen MR) is 148 cm³/mol. The summed E-state index contributed by atoms with van der Waals surface area (Å²) in [5, 5.41) is 9.79. The number of nitrogens with zero attached hydrogens (tertiary/aromatic N) is 3. The van der Waals surface area contributed by atoms with Gasteiger partial charge in [0.2, 0.25) is 11.9 Å². The van der Waals surface area contributed by atoms with Gasteiger partial charge in [-0.05, 0) is 42.0 Å². The molecule has 0 saturated carbocycles. The van der Waals surface area contributed by atoms with Crippen molar-refractivity contribution in [3.8, 4) is 0 Å². The fourth-order valence-corrected chi connectivity index (χ4v) is 4.16. The monoisotopic (exact) mass is 514 g/mol. The van der Waals surface area contributed by atoms with Gasteiger partial charge in [0.05, 0.1) is 37.2 Å². The Labute approximate surface area is 220 Å². The molecule has 0 bridgehead atoms. The number of amides is 1. The van der Waals surface area contributed by atoms with E-state index in [1.807, 2.05) is 66.7 Å². The SMILES string of the molecule is O=C(Cc1ccccc1)Nc1ccccc1Nc1nc(Nc2ccc(N3CCOCC3)cc2)ncc1Cl. The van der Waals surface area contributed by atoms with Crippen LogP contribution < -0.4 is 20.9 Å². The number of hydrogen-bond acceptors (Lipinski definition) is 7. The molecule has 9 heteroatoms. The van der Waals surface area contributed by atoms with E-state index in [1.54, 1.807) is 0 Å². The van der Waals surface area contributed by atoms with Gasteiger partial charge in [-0.3, -0.25) is 4.79 Å². The van der Waals surface area contributed by atoms with Crippen LogP contribution in [0.5, 0.6) is 0 Å². The Morgan fingerprint density at radius 2 is 1.59 bits per heavy atom. The molecule has 1 aliphatic heterocycles. The Balaban J connectivity index is 1.27. The number of rotatable bonds is 8. The third-order valence-electron chi connectivity index (χ3n) is 5.91. The van der Waals surface area contributed by atoms with Gasteiger partial charge < -0.3 is 25.6 Å². The molecule has 1 aromatic heterocycles. The molecular weight excluding hydrogens is 488 g/mol. The average molecular weight is 515 g/mol. The van der Waals surface area contributed by atoms with Crippen molar-refractivity contribution < 1.29 is 9.53 Å². The molecule has 0 atom stereocenters. The van der Waals surface area contributed by atoms with Crippen LogP contribution in [0.4, 0.5) is 34.5 Å². The molecule has 0 unspecified atom stereocenters. The number of morpholine rings is 1. The van der Waals surface area contributed by atoms with E-state index in [-0.39, 0.29) is 12.3 Å². The van der Waals surface area contributed by atoms with Gasteiger partial charge in [0.1, 0.15) is 5.02 Å². The highest BCUT2D eigenvalue weighted by atomic mass is 35.5. The molecule has 1 amide bonds. The van der Waals surface area contributed by atoms with Crippen LogP contribution in [0.3, 0.4) is 0 Å². The van der Waals surface area contributed by atoms with E-state index in [2.05, 4.69) is 43.0 Å². The van der Waals surface area contributed by atoms with E-state index in [0.717, 1.165) is 43.2 Å². The number of benzene rings is 3. The van der Waals surface area contributed by atoms with Gasteiger partial charge >= 0.3 is 0 Å². The molecule has 8 nitrogen and oxygen atoms in total. The third-order valence-corrected chi connectivity index (χ3v) is 6.18. The molecule has 3 N–H and O–H groups in total. The number of carbonyl (C=O) groups excluding carboxylic acids is 1. The molecule has 1 saturated heterocycles. The van der Waals surface area contributed by atoms with Crippen LogP contribution in [0.15, 0.2) is 85.1 Å². The molecule has 4 aromatic rings. The van der Waals surface area contributed by atoms with E-state index in [4.69, 9.17) is 16.3 Å². The average Bonchev–Trinajstić information content (AvgIpc) is 2.93. The molecule has 3 aromatic carbocycles. The number of para-hydroxylation sites is 2. The lowest BCUT2D eigenvalue weighted by Gasteiger charge is -2.28. The van der Waals surface area contributed by atoms with Crippen LogP contribution in [0.2, 0.25) is 5.02 Å². The minimum Gasteiger partial charge on any atom is -0.378 e. The van der Waals surface area contributed by atoms with E-state index in [0.29, 0.717) is 28.2 Å². The zero-order chi connectivity index (χ0) is 25.5. The summed E-state index contributed by atoms with van der Waals surface area (Å²) in [5.41, 5.74) is 4.26. The van der Waals surface area contributed by atoms with E-state index in [9.17, 15) is 4.79 Å². The Hall–Kier alpha value is -4.14. The normalized spacial score (nSPS) is 13.2. The van der Waals surface area contributed by atoms with Crippen LogP contribution in [0, 0.1) is 0 Å². The number of nitrogens with one attached hydrogen (secondary N) is 3. The minimum atomic E-state index is -0.114. The summed E-state index contributed by atoms with van der Waals surface area (Å²) in [4.78, 5) is 23.8. The Morgan fingerprint density at radius 3 is 2.35 bits per heavy atom. The summed E-state index contributed by atoms with van der Waals surface area (Å²) < 4.78 is 5.43. The molecular formula is C28H27ClN6O2. The van der Waals surface area contributed by atoms with Gasteiger partial charge in [0, 0.05) is 24.5 Å². The summed E-state index contributed by atoms with van der Waals surface area (Å²) in [5.74, 6) is 0.711. The Bertz CT molecular complexity index is 1340. The summed E-state index contributed by atoms with van der Waals surface area (Å²) in [6, 6.07) is 25.1. The second kappa shape index (κ2) is 11.7. The number of carbonyl (C=O) groups is 1. The maximum absolute atomic E-state index is 12.6. The van der Waals surface area contributed by atoms with Crippen molar-refractivity contribution in [1.82, 2.24) is 9.97 Å². The maximum Gasteiger partial charge on any atom is 0.229 e. The van der Waals surface area contributed by atoms with Gasteiger partial charge in [-0.2, -0.15) is 4.98 Å². The molecule has 1 fully saturated rings. The Kier molecular flexibility index (Phi) is 7.78. The maximum atomic E-state index is 12.6. The molecule has 0 radical (unpaired) electrons. The van der Waals surface area contributed by atoms with E-state index in [1.165, 1.54) is 6.20 Å². The first-order valence-electron chi connectivity index (χ1n) is 12.1. The van der Waals surface area contributed by atoms with E-state index < -0.39 is 0 Å². The third kappa shape index (κ3) is 6.55. The number of aromatic nitrogens is 2. The second-order valence-corrected chi connectivity index (χ2v) is 8.95. The highest BCUT2D eigenvalue weighted by molar-refractivity contribution is 6.33. The van der Waals surface area contributed by atoms with E-state index >= 15 is 0 Å². The summed E-state index contributed by atoms with van der Waals surface area (Å²) >= 11 is 6.40. The van der Waals surface area contributed by atoms with Crippen LogP contribution >= 0.6 is 11.6 Å². The fraction of sp³-hybridized carbons (Fsp3) is 0.179. The van der Waals surface area contributed by atoms with Gasteiger partial charge in [-0.15, -0.1) is 0 Å². The largest absolute Gasteiger partial charge is 0.378 e. The predicted octanol–water partition coefficient (Wildman–Crippen LogP) is 5.64. The van der Waals surface area contributed by atoms with Gasteiger partial charge in [0.25, 0.3) is 0 Å². The van der Waals surface area contributed by atoms with Crippen molar-refractivity contribution >= 4 is 52.0 Å². The number of ether oxygens (including phenoxy) is 1. The number of hydrogen-bond donors (Lipinski definition) is 3. The summed E-state index contributed by atoms with van der Waals surface area (Å²) in [7, 11) is 0.